The fourth-order valence-corrected chi connectivity index (χ4v) is 3.88. The highest BCUT2D eigenvalue weighted by atomic mass is 16.6. The van der Waals surface area contributed by atoms with E-state index in [9.17, 15) is 9.59 Å². The Labute approximate surface area is 159 Å². The molecule has 0 radical (unpaired) electrons. The Morgan fingerprint density at radius 3 is 2.63 bits per heavy atom. The molecule has 0 saturated carbocycles. The van der Waals surface area contributed by atoms with E-state index in [2.05, 4.69) is 0 Å². The first-order chi connectivity index (χ1) is 12.9. The maximum Gasteiger partial charge on any atom is 0.409 e. The van der Waals surface area contributed by atoms with Gasteiger partial charge in [-0.1, -0.05) is 13.0 Å². The number of hydrogen-bond acceptors (Lipinski definition) is 6. The lowest BCUT2D eigenvalue weighted by Crippen LogP contribution is -2.35. The van der Waals surface area contributed by atoms with Crippen LogP contribution in [0.15, 0.2) is 18.2 Å². The summed E-state index contributed by atoms with van der Waals surface area (Å²) in [6.07, 6.45) is 0.402. The first-order valence-corrected chi connectivity index (χ1v) is 9.15. The second-order valence-electron chi connectivity index (χ2n) is 7.39. The highest BCUT2D eigenvalue weighted by Gasteiger charge is 2.49. The maximum atomic E-state index is 12.4. The van der Waals surface area contributed by atoms with Gasteiger partial charge in [-0.3, -0.25) is 4.79 Å². The van der Waals surface area contributed by atoms with Crippen LogP contribution in [0.25, 0.3) is 0 Å². The normalized spacial score (nSPS) is 27.5. The Hall–Kier alpha value is -2.28. The van der Waals surface area contributed by atoms with E-state index in [4.69, 9.17) is 18.9 Å². The molecule has 3 atom stereocenters. The van der Waals surface area contributed by atoms with Gasteiger partial charge in [0.2, 0.25) is 0 Å². The molecule has 3 rings (SSSR count). The number of carbonyl (C=O) groups excluding carboxylic acids is 2. The van der Waals surface area contributed by atoms with Gasteiger partial charge in [0.15, 0.2) is 11.5 Å². The van der Waals surface area contributed by atoms with Crippen LogP contribution >= 0.6 is 0 Å². The van der Waals surface area contributed by atoms with Crippen LogP contribution in [0.3, 0.4) is 0 Å². The van der Waals surface area contributed by atoms with E-state index >= 15 is 0 Å². The number of hydrogen-bond donors (Lipinski definition) is 0. The van der Waals surface area contributed by atoms with E-state index in [-0.39, 0.29) is 17.8 Å². The first kappa shape index (κ1) is 19.5. The Morgan fingerprint density at radius 1 is 1.26 bits per heavy atom. The van der Waals surface area contributed by atoms with Crippen LogP contribution < -0.4 is 9.47 Å². The van der Waals surface area contributed by atoms with Crippen molar-refractivity contribution in [2.75, 3.05) is 40.5 Å². The second kappa shape index (κ2) is 7.76. The molecule has 0 aromatic heterocycles. The molecule has 0 bridgehead atoms. The summed E-state index contributed by atoms with van der Waals surface area (Å²) >= 11 is 0. The van der Waals surface area contributed by atoms with Crippen molar-refractivity contribution < 1.29 is 28.5 Å². The molecule has 0 aliphatic carbocycles. The van der Waals surface area contributed by atoms with Crippen molar-refractivity contribution in [2.24, 2.45) is 5.41 Å². The van der Waals surface area contributed by atoms with Crippen molar-refractivity contribution in [3.8, 4) is 11.5 Å². The molecule has 0 spiro atoms. The van der Waals surface area contributed by atoms with Crippen molar-refractivity contribution in [1.29, 1.82) is 0 Å². The summed E-state index contributed by atoms with van der Waals surface area (Å²) in [6, 6.07) is 5.70. The van der Waals surface area contributed by atoms with Crippen LogP contribution in [0.2, 0.25) is 0 Å². The number of ether oxygens (including phenoxy) is 4. The smallest absolute Gasteiger partial charge is 0.409 e. The standard InChI is InChI=1S/C20H27NO6/c1-13(22)20(2)12-21(19(23)25-4)10-16(20)14-5-6-17(24-3)18(9-14)27-15-7-8-26-11-15/h5-6,9,15-16H,7-8,10-12H2,1-4H3/t15?,16-,20-/m0/s1. The molecule has 2 fully saturated rings. The maximum absolute atomic E-state index is 12.4. The molecule has 7 nitrogen and oxygen atoms in total. The van der Waals surface area contributed by atoms with Gasteiger partial charge in [-0.15, -0.1) is 0 Å². The molecule has 2 aliphatic heterocycles. The van der Waals surface area contributed by atoms with Gasteiger partial charge in [0.25, 0.3) is 0 Å². The zero-order valence-electron chi connectivity index (χ0n) is 16.3. The van der Waals surface area contributed by atoms with Gasteiger partial charge in [-0.05, 0) is 24.6 Å². The molecule has 2 saturated heterocycles. The molecular formula is C20H27NO6. The molecule has 1 amide bonds. The van der Waals surface area contributed by atoms with Crippen LogP contribution in [-0.2, 0) is 14.3 Å². The third kappa shape index (κ3) is 3.74. The Bertz CT molecular complexity index is 714. The van der Waals surface area contributed by atoms with E-state index in [0.717, 1.165) is 12.0 Å². The molecule has 1 unspecified atom stereocenters. The lowest BCUT2D eigenvalue weighted by Gasteiger charge is -2.28. The summed E-state index contributed by atoms with van der Waals surface area (Å²) in [5.74, 6) is 1.16. The summed E-state index contributed by atoms with van der Waals surface area (Å²) < 4.78 is 21.8. The molecule has 7 heteroatoms. The number of ketones is 1. The molecule has 2 heterocycles. The van der Waals surface area contributed by atoms with Gasteiger partial charge in [-0.25, -0.2) is 4.79 Å². The molecule has 148 valence electrons. The van der Waals surface area contributed by atoms with Crippen LogP contribution in [0.4, 0.5) is 4.79 Å². The number of amides is 1. The van der Waals surface area contributed by atoms with Gasteiger partial charge in [-0.2, -0.15) is 0 Å². The van der Waals surface area contributed by atoms with Crippen molar-refractivity contribution >= 4 is 11.9 Å². The fraction of sp³-hybridized carbons (Fsp3) is 0.600. The summed E-state index contributed by atoms with van der Waals surface area (Å²) in [4.78, 5) is 26.1. The first-order valence-electron chi connectivity index (χ1n) is 9.15. The average molecular weight is 377 g/mol. The largest absolute Gasteiger partial charge is 0.493 e. The van der Waals surface area contributed by atoms with E-state index in [1.165, 1.54) is 7.11 Å². The Balaban J connectivity index is 1.92. The van der Waals surface area contributed by atoms with E-state index in [0.29, 0.717) is 37.8 Å². The third-order valence-electron chi connectivity index (χ3n) is 5.70. The van der Waals surface area contributed by atoms with Crippen LogP contribution in [0.1, 0.15) is 31.7 Å². The number of benzene rings is 1. The predicted octanol–water partition coefficient (Wildman–Crippen LogP) is 2.62. The monoisotopic (exact) mass is 377 g/mol. The quantitative estimate of drug-likeness (QED) is 0.785. The molecule has 1 aromatic carbocycles. The topological polar surface area (TPSA) is 74.3 Å². The molecule has 0 N–H and O–H groups in total. The zero-order chi connectivity index (χ0) is 19.6. The highest BCUT2D eigenvalue weighted by molar-refractivity contribution is 5.85. The minimum absolute atomic E-state index is 0.0107. The van der Waals surface area contributed by atoms with Crippen molar-refractivity contribution in [3.63, 3.8) is 0 Å². The minimum Gasteiger partial charge on any atom is -0.493 e. The molecular weight excluding hydrogens is 350 g/mol. The summed E-state index contributed by atoms with van der Waals surface area (Å²) in [5.41, 5.74) is 0.255. The number of rotatable bonds is 5. The summed E-state index contributed by atoms with van der Waals surface area (Å²) in [6.45, 7) is 5.46. The molecule has 2 aliphatic rings. The average Bonchev–Trinajstić information content (AvgIpc) is 3.29. The zero-order valence-corrected chi connectivity index (χ0v) is 16.3. The van der Waals surface area contributed by atoms with E-state index < -0.39 is 11.5 Å². The van der Waals surface area contributed by atoms with Crippen molar-refractivity contribution in [1.82, 2.24) is 4.90 Å². The van der Waals surface area contributed by atoms with E-state index in [1.807, 2.05) is 25.1 Å². The Morgan fingerprint density at radius 2 is 2.04 bits per heavy atom. The van der Waals surface area contributed by atoms with Crippen molar-refractivity contribution in [2.45, 2.75) is 32.3 Å². The fourth-order valence-electron chi connectivity index (χ4n) is 3.88. The van der Waals surface area contributed by atoms with Crippen LogP contribution in [0.5, 0.6) is 11.5 Å². The molecule has 1 aromatic rings. The Kier molecular flexibility index (Phi) is 5.60. The summed E-state index contributed by atoms with van der Waals surface area (Å²) in [7, 11) is 2.95. The van der Waals surface area contributed by atoms with Gasteiger partial charge in [0.05, 0.1) is 32.8 Å². The minimum atomic E-state index is -0.684. The molecule has 27 heavy (non-hydrogen) atoms. The highest BCUT2D eigenvalue weighted by Crippen LogP contribution is 2.45. The summed E-state index contributed by atoms with van der Waals surface area (Å²) in [5, 5.41) is 0. The van der Waals surface area contributed by atoms with Crippen LogP contribution in [-0.4, -0.2) is 63.4 Å². The number of likely N-dealkylation sites (tertiary alicyclic amines) is 1. The predicted molar refractivity (Wildman–Crippen MR) is 98.4 cm³/mol. The SMILES string of the molecule is COC(=O)N1C[C@@H](c2ccc(OC)c(OC3CCOC3)c2)[C@](C)(C(C)=O)C1. The van der Waals surface area contributed by atoms with Gasteiger partial charge in [0, 0.05) is 25.4 Å². The van der Waals surface area contributed by atoms with E-state index in [1.54, 1.807) is 18.9 Å². The lowest BCUT2D eigenvalue weighted by atomic mass is 9.73. The number of methoxy groups -OCH3 is 2. The van der Waals surface area contributed by atoms with Gasteiger partial charge >= 0.3 is 6.09 Å². The number of Topliss-reactive ketones (excluding diaryl/α,β-unsaturated/α-hetero) is 1. The van der Waals surface area contributed by atoms with Crippen LogP contribution in [0, 0.1) is 5.41 Å². The van der Waals surface area contributed by atoms with Gasteiger partial charge < -0.3 is 23.8 Å². The van der Waals surface area contributed by atoms with Crippen molar-refractivity contribution in [3.05, 3.63) is 23.8 Å². The van der Waals surface area contributed by atoms with Gasteiger partial charge in [0.1, 0.15) is 11.9 Å². The number of nitrogens with zero attached hydrogens (tertiary/aromatic N) is 1. The third-order valence-corrected chi connectivity index (χ3v) is 5.70. The number of carbonyl (C=O) groups is 2. The lowest BCUT2D eigenvalue weighted by molar-refractivity contribution is -0.125. The second-order valence-corrected chi connectivity index (χ2v) is 7.39.